The molecule has 0 aromatic heterocycles. The van der Waals surface area contributed by atoms with Gasteiger partial charge in [0.1, 0.15) is 53.8 Å². The lowest BCUT2D eigenvalue weighted by Gasteiger charge is -2.29. The number of nitrogens with two attached hydrogens (primary N) is 4. The fourth-order valence-electron chi connectivity index (χ4n) is 8.21. The van der Waals surface area contributed by atoms with E-state index in [0.717, 1.165) is 21.6 Å². The van der Waals surface area contributed by atoms with Crippen LogP contribution in [0, 0.1) is 0 Å². The van der Waals surface area contributed by atoms with Crippen LogP contribution in [0.3, 0.4) is 0 Å². The molecular formula is C54H68ClN11O12S2. The highest BCUT2D eigenvalue weighted by molar-refractivity contribution is 8.76. The second-order valence-corrected chi connectivity index (χ2v) is 22.1. The van der Waals surface area contributed by atoms with E-state index in [9.17, 15) is 58.5 Å². The molecule has 1 fully saturated rings. The maximum atomic E-state index is 14.8. The second-order valence-electron chi connectivity index (χ2n) is 19.1. The van der Waals surface area contributed by atoms with E-state index in [1.807, 2.05) is 0 Å². The first-order valence-electron chi connectivity index (χ1n) is 25.6. The third kappa shape index (κ3) is 20.4. The van der Waals surface area contributed by atoms with Crippen LogP contribution in [0.1, 0.15) is 65.2 Å². The summed E-state index contributed by atoms with van der Waals surface area (Å²) >= 11 is 6.07. The molecule has 0 unspecified atom stereocenters. The third-order valence-corrected chi connectivity index (χ3v) is 15.4. The molecule has 1 saturated heterocycles. The zero-order valence-corrected chi connectivity index (χ0v) is 46.1. The van der Waals surface area contributed by atoms with Crippen molar-refractivity contribution >= 4 is 86.4 Å². The molecule has 0 aliphatic carbocycles. The first kappa shape index (κ1) is 63.4. The SMILES string of the molecule is C[C@@H](O)[C@@H]1NC(=O)[C@H](CCCCCN)NC(=O)[C@@H](Cc2ccc(C(N)=O)cc2)NC(=O)[C@H](Cc2ccc(O)cc2)NC(=O)[C@H](NC(=O)[C@@H](N)Cc2ccc(Cl)cc2)CSSC[C@@H](C(=O)N[C@H](Cc2ccc(O)cc2)C(N)=O)NC1=O. The van der Waals surface area contributed by atoms with Crippen molar-refractivity contribution in [1.29, 1.82) is 0 Å². The summed E-state index contributed by atoms with van der Waals surface area (Å²) in [6, 6.07) is 12.3. The number of carbonyl (C=O) groups excluding carboxylic acids is 9. The maximum Gasteiger partial charge on any atom is 0.248 e. The van der Waals surface area contributed by atoms with Crippen LogP contribution in [-0.4, -0.2) is 141 Å². The van der Waals surface area contributed by atoms with E-state index < -0.39 is 108 Å². The molecule has 18 N–H and O–H groups in total. The van der Waals surface area contributed by atoms with Gasteiger partial charge < -0.3 is 75.5 Å². The number of benzene rings is 4. The quantitative estimate of drug-likeness (QED) is 0.0396. The second kappa shape index (κ2) is 31.4. The number of phenolic OH excluding ortho intramolecular Hbond substituents is 2. The van der Waals surface area contributed by atoms with Crippen LogP contribution in [0.2, 0.25) is 5.02 Å². The van der Waals surface area contributed by atoms with Crippen molar-refractivity contribution in [3.8, 4) is 11.5 Å². The number of aliphatic hydroxyl groups is 1. The normalized spacial score (nSPS) is 20.9. The lowest BCUT2D eigenvalue weighted by atomic mass is 10.00. The van der Waals surface area contributed by atoms with Gasteiger partial charge in [-0.15, -0.1) is 0 Å². The van der Waals surface area contributed by atoms with Gasteiger partial charge in [0, 0.05) is 41.4 Å². The molecule has 9 atom stereocenters. The van der Waals surface area contributed by atoms with Gasteiger partial charge in [-0.2, -0.15) is 0 Å². The molecule has 9 amide bonds. The van der Waals surface area contributed by atoms with E-state index in [1.165, 1.54) is 79.7 Å². The molecule has 1 aliphatic heterocycles. The minimum atomic E-state index is -1.76. The fraction of sp³-hybridized carbons (Fsp3) is 0.389. The van der Waals surface area contributed by atoms with Crippen molar-refractivity contribution in [1.82, 2.24) is 37.2 Å². The van der Waals surface area contributed by atoms with Crippen LogP contribution in [0.4, 0.5) is 0 Å². The third-order valence-electron chi connectivity index (χ3n) is 12.8. The summed E-state index contributed by atoms with van der Waals surface area (Å²) in [4.78, 5) is 126. The van der Waals surface area contributed by atoms with E-state index >= 15 is 0 Å². The molecule has 26 heteroatoms. The van der Waals surface area contributed by atoms with Gasteiger partial charge in [-0.3, -0.25) is 43.2 Å². The van der Waals surface area contributed by atoms with Crippen LogP contribution in [0.15, 0.2) is 97.1 Å². The number of unbranched alkanes of at least 4 members (excludes halogenated alkanes) is 2. The lowest BCUT2D eigenvalue weighted by molar-refractivity contribution is -0.136. The number of amides is 9. The average Bonchev–Trinajstić information content (AvgIpc) is 3.42. The molecule has 0 bridgehead atoms. The molecule has 1 aliphatic rings. The fourth-order valence-corrected chi connectivity index (χ4v) is 10.7. The van der Waals surface area contributed by atoms with Crippen molar-refractivity contribution in [3.63, 3.8) is 0 Å². The highest BCUT2D eigenvalue weighted by Crippen LogP contribution is 2.24. The summed E-state index contributed by atoms with van der Waals surface area (Å²) in [6.45, 7) is 1.54. The van der Waals surface area contributed by atoms with E-state index in [-0.39, 0.29) is 60.7 Å². The number of carbonyl (C=O) groups is 9. The number of phenols is 2. The van der Waals surface area contributed by atoms with Crippen molar-refractivity contribution in [2.45, 2.75) is 113 Å². The minimum Gasteiger partial charge on any atom is -0.508 e. The molecular weight excluding hydrogens is 1090 g/mol. The smallest absolute Gasteiger partial charge is 0.248 e. The predicted molar refractivity (Wildman–Crippen MR) is 302 cm³/mol. The molecule has 23 nitrogen and oxygen atoms in total. The zero-order valence-electron chi connectivity index (χ0n) is 43.7. The Hall–Kier alpha value is -7.42. The van der Waals surface area contributed by atoms with Gasteiger partial charge in [0.05, 0.1) is 12.1 Å². The van der Waals surface area contributed by atoms with Crippen LogP contribution < -0.4 is 60.2 Å². The number of rotatable bonds is 20. The Labute approximate surface area is 475 Å². The van der Waals surface area contributed by atoms with Crippen LogP contribution in [-0.2, 0) is 64.0 Å². The molecule has 80 heavy (non-hydrogen) atoms. The van der Waals surface area contributed by atoms with Crippen molar-refractivity contribution < 1.29 is 58.5 Å². The van der Waals surface area contributed by atoms with Gasteiger partial charge in [0.2, 0.25) is 53.2 Å². The maximum absolute atomic E-state index is 14.8. The molecule has 4 aromatic carbocycles. The number of aliphatic hydroxyl groups excluding tert-OH is 1. The average molecular weight is 1160 g/mol. The van der Waals surface area contributed by atoms with E-state index in [0.29, 0.717) is 53.1 Å². The van der Waals surface area contributed by atoms with Gasteiger partial charge >= 0.3 is 0 Å². The Kier molecular flexibility index (Phi) is 24.9. The standard InChI is InChI=1S/C54H68ClN11O12S2/c1-29(67)45-54(78)65-44(52(76)61-40(47(59)71)24-32-10-18-36(68)19-11-32)28-80-79-27-43(64-48(72)38(57)23-30-8-16-35(55)17-9-30)53(77)63-42(26-33-12-20-37(69)21-13-33)51(75)62-41(25-31-6-14-34(15-7-31)46(58)70)50(74)60-39(49(73)66-45)5-3-2-4-22-56/h6-21,29,38-45,67-69H,2-5,22-28,56-57H2,1H3,(H2,58,70)(H2,59,71)(H,60,74)(H,61,76)(H,62,75)(H,63,77)(H,64,72)(H,65,78)(H,66,73)/t29-,38+,39+,40-,41-,42+,43-,44+,45+/m1/s1. The largest absolute Gasteiger partial charge is 0.508 e. The first-order valence-corrected chi connectivity index (χ1v) is 28.5. The molecule has 0 saturated carbocycles. The van der Waals surface area contributed by atoms with Gasteiger partial charge in [0.15, 0.2) is 0 Å². The number of hydrogen-bond acceptors (Lipinski definition) is 16. The van der Waals surface area contributed by atoms with E-state index in [2.05, 4.69) is 37.2 Å². The van der Waals surface area contributed by atoms with Crippen molar-refractivity contribution in [2.75, 3.05) is 18.1 Å². The molecule has 1 heterocycles. The predicted octanol–water partition coefficient (Wildman–Crippen LogP) is -0.378. The molecule has 4 aromatic rings. The van der Waals surface area contributed by atoms with Gasteiger partial charge in [-0.1, -0.05) is 94.6 Å². The topological polar surface area (TPSA) is 403 Å². The summed E-state index contributed by atoms with van der Waals surface area (Å²) < 4.78 is 0. The van der Waals surface area contributed by atoms with E-state index in [1.54, 1.807) is 24.3 Å². The number of halogens is 1. The van der Waals surface area contributed by atoms with Gasteiger partial charge in [0.25, 0.3) is 0 Å². The minimum absolute atomic E-state index is 0.0237. The molecule has 0 radical (unpaired) electrons. The van der Waals surface area contributed by atoms with Crippen LogP contribution in [0.5, 0.6) is 11.5 Å². The van der Waals surface area contributed by atoms with Crippen LogP contribution in [0.25, 0.3) is 0 Å². The highest BCUT2D eigenvalue weighted by atomic mass is 35.5. The first-order chi connectivity index (χ1) is 38.1. The van der Waals surface area contributed by atoms with E-state index in [4.69, 9.17) is 34.5 Å². The molecule has 0 spiro atoms. The summed E-state index contributed by atoms with van der Waals surface area (Å²) in [5.41, 5.74) is 25.5. The number of nitrogens with one attached hydrogen (secondary N) is 7. The lowest BCUT2D eigenvalue weighted by Crippen LogP contribution is -2.62. The zero-order chi connectivity index (χ0) is 58.5. The Balaban J connectivity index is 1.58. The Morgan fingerprint density at radius 3 is 1.69 bits per heavy atom. The monoisotopic (exact) mass is 1160 g/mol. The van der Waals surface area contributed by atoms with Crippen molar-refractivity contribution in [3.05, 3.63) is 130 Å². The summed E-state index contributed by atoms with van der Waals surface area (Å²) in [5, 5.41) is 49.8. The molecule has 430 valence electrons. The summed E-state index contributed by atoms with van der Waals surface area (Å²) in [7, 11) is 1.91. The number of aromatic hydroxyl groups is 2. The number of primary amides is 2. The summed E-state index contributed by atoms with van der Waals surface area (Å²) in [6.07, 6.45) is -0.798. The highest BCUT2D eigenvalue weighted by Gasteiger charge is 2.36. The van der Waals surface area contributed by atoms with Crippen molar-refractivity contribution in [2.24, 2.45) is 22.9 Å². The molecule has 5 rings (SSSR count). The summed E-state index contributed by atoms with van der Waals surface area (Å²) in [5.74, 6) is -8.74. The van der Waals surface area contributed by atoms with Gasteiger partial charge in [-0.05, 0) is 104 Å². The number of hydrogen-bond donors (Lipinski definition) is 14. The van der Waals surface area contributed by atoms with Crippen LogP contribution >= 0.6 is 33.2 Å². The Morgan fingerprint density at radius 2 is 1.14 bits per heavy atom. The Bertz CT molecular complexity index is 2780. The van der Waals surface area contributed by atoms with Gasteiger partial charge in [-0.25, -0.2) is 0 Å². The Morgan fingerprint density at radius 1 is 0.637 bits per heavy atom.